The van der Waals surface area contributed by atoms with Gasteiger partial charge in [-0.15, -0.1) is 0 Å². The van der Waals surface area contributed by atoms with Gasteiger partial charge in [-0.1, -0.05) is 18.2 Å². The van der Waals surface area contributed by atoms with Crippen LogP contribution in [-0.2, 0) is 14.9 Å². The highest BCUT2D eigenvalue weighted by atomic mass is 16.5. The fourth-order valence-electron chi connectivity index (χ4n) is 2.75. The Balaban J connectivity index is 1.87. The van der Waals surface area contributed by atoms with E-state index in [1.165, 1.54) is 0 Å². The van der Waals surface area contributed by atoms with Crippen molar-refractivity contribution in [2.24, 2.45) is 0 Å². The molecule has 0 amide bonds. The van der Waals surface area contributed by atoms with Crippen molar-refractivity contribution >= 4 is 16.9 Å². The second kappa shape index (κ2) is 4.70. The van der Waals surface area contributed by atoms with Gasteiger partial charge < -0.3 is 14.3 Å². The van der Waals surface area contributed by atoms with Gasteiger partial charge in [-0.2, -0.15) is 0 Å². The highest BCUT2D eigenvalue weighted by molar-refractivity contribution is 5.82. The Morgan fingerprint density at radius 3 is 2.79 bits per heavy atom. The summed E-state index contributed by atoms with van der Waals surface area (Å²) in [5, 5.41) is 9.87. The van der Waals surface area contributed by atoms with Crippen LogP contribution >= 0.6 is 0 Å². The van der Waals surface area contributed by atoms with Gasteiger partial charge in [-0.25, -0.2) is 0 Å². The predicted molar refractivity (Wildman–Crippen MR) is 70.2 cm³/mol. The monoisotopic (exact) mass is 260 g/mol. The van der Waals surface area contributed by atoms with E-state index in [1.54, 1.807) is 6.26 Å². The van der Waals surface area contributed by atoms with Crippen LogP contribution in [0.3, 0.4) is 0 Å². The molecule has 3 rings (SSSR count). The Kier molecular flexibility index (Phi) is 3.03. The summed E-state index contributed by atoms with van der Waals surface area (Å²) in [5.74, 6) is -0.743. The first-order valence-electron chi connectivity index (χ1n) is 6.48. The summed E-state index contributed by atoms with van der Waals surface area (Å²) in [5.41, 5.74) is 1.96. The van der Waals surface area contributed by atoms with Gasteiger partial charge in [0.2, 0.25) is 0 Å². The molecule has 1 aliphatic rings. The molecule has 0 aliphatic carbocycles. The summed E-state index contributed by atoms with van der Waals surface area (Å²) in [6.45, 7) is 1.30. The molecule has 0 unspecified atom stereocenters. The molecule has 1 fully saturated rings. The molecule has 1 aromatic heterocycles. The molecular weight excluding hydrogens is 244 g/mol. The highest BCUT2D eigenvalue weighted by Gasteiger charge is 2.42. The van der Waals surface area contributed by atoms with Crippen LogP contribution in [0.5, 0.6) is 0 Å². The average molecular weight is 260 g/mol. The number of para-hydroxylation sites is 1. The Morgan fingerprint density at radius 1 is 1.32 bits per heavy atom. The lowest BCUT2D eigenvalue weighted by atomic mass is 9.74. The van der Waals surface area contributed by atoms with Crippen LogP contribution in [0.2, 0.25) is 0 Å². The molecule has 1 saturated heterocycles. The Hall–Kier alpha value is -1.81. The van der Waals surface area contributed by atoms with E-state index < -0.39 is 5.97 Å². The Morgan fingerprint density at radius 2 is 2.11 bits per heavy atom. The first-order chi connectivity index (χ1) is 9.21. The molecule has 0 saturated carbocycles. The molecule has 0 bridgehead atoms. The molecule has 4 heteroatoms. The fraction of sp³-hybridized carbons (Fsp3) is 0.400. The maximum atomic E-state index is 10.6. The number of rotatable bonds is 5. The summed E-state index contributed by atoms with van der Waals surface area (Å²) < 4.78 is 11.0. The number of aliphatic carboxylic acids is 1. The summed E-state index contributed by atoms with van der Waals surface area (Å²) >= 11 is 0. The van der Waals surface area contributed by atoms with Crippen LogP contribution in [0, 0.1) is 0 Å². The third-order valence-corrected chi connectivity index (χ3v) is 3.86. The van der Waals surface area contributed by atoms with Gasteiger partial charge in [0.05, 0.1) is 19.5 Å². The van der Waals surface area contributed by atoms with Crippen molar-refractivity contribution in [1.29, 1.82) is 0 Å². The van der Waals surface area contributed by atoms with Gasteiger partial charge in [0, 0.05) is 22.8 Å². The highest BCUT2D eigenvalue weighted by Crippen LogP contribution is 2.41. The zero-order chi connectivity index (χ0) is 13.3. The van der Waals surface area contributed by atoms with Gasteiger partial charge >= 0.3 is 5.97 Å². The molecule has 0 atom stereocenters. The van der Waals surface area contributed by atoms with Crippen molar-refractivity contribution in [3.63, 3.8) is 0 Å². The molecule has 0 radical (unpaired) electrons. The number of ether oxygens (including phenoxy) is 1. The van der Waals surface area contributed by atoms with Crippen LogP contribution in [-0.4, -0.2) is 24.3 Å². The van der Waals surface area contributed by atoms with Crippen LogP contribution < -0.4 is 0 Å². The molecule has 100 valence electrons. The minimum Gasteiger partial charge on any atom is -0.481 e. The number of carbonyl (C=O) groups is 1. The van der Waals surface area contributed by atoms with Gasteiger partial charge in [-0.3, -0.25) is 4.79 Å². The zero-order valence-electron chi connectivity index (χ0n) is 10.6. The predicted octanol–water partition coefficient (Wildman–Crippen LogP) is 2.96. The molecule has 1 aromatic carbocycles. The van der Waals surface area contributed by atoms with E-state index in [0.717, 1.165) is 23.0 Å². The van der Waals surface area contributed by atoms with Crippen LogP contribution in [0.4, 0.5) is 0 Å². The smallest absolute Gasteiger partial charge is 0.303 e. The largest absolute Gasteiger partial charge is 0.481 e. The maximum absolute atomic E-state index is 10.6. The van der Waals surface area contributed by atoms with E-state index in [-0.39, 0.29) is 11.8 Å². The second-order valence-electron chi connectivity index (χ2n) is 5.17. The van der Waals surface area contributed by atoms with Crippen LogP contribution in [0.15, 0.2) is 34.9 Å². The van der Waals surface area contributed by atoms with E-state index in [9.17, 15) is 4.79 Å². The number of furan rings is 1. The number of carboxylic acids is 1. The quantitative estimate of drug-likeness (QED) is 0.897. The molecule has 2 heterocycles. The zero-order valence-corrected chi connectivity index (χ0v) is 10.6. The first-order valence-corrected chi connectivity index (χ1v) is 6.48. The molecule has 4 nitrogen and oxygen atoms in total. The van der Waals surface area contributed by atoms with Crippen molar-refractivity contribution in [1.82, 2.24) is 0 Å². The summed E-state index contributed by atoms with van der Waals surface area (Å²) in [6.07, 6.45) is 3.49. The van der Waals surface area contributed by atoms with Gasteiger partial charge in [0.15, 0.2) is 0 Å². The van der Waals surface area contributed by atoms with Gasteiger partial charge in [0.25, 0.3) is 0 Å². The second-order valence-corrected chi connectivity index (χ2v) is 5.17. The van der Waals surface area contributed by atoms with Gasteiger partial charge in [-0.05, 0) is 18.9 Å². The molecular formula is C15H16O4. The maximum Gasteiger partial charge on any atom is 0.303 e. The average Bonchev–Trinajstić information content (AvgIpc) is 2.76. The minimum absolute atomic E-state index is 0.0674. The van der Waals surface area contributed by atoms with E-state index >= 15 is 0 Å². The van der Waals surface area contributed by atoms with E-state index in [2.05, 4.69) is 0 Å². The third-order valence-electron chi connectivity index (χ3n) is 3.86. The number of hydrogen-bond donors (Lipinski definition) is 1. The molecule has 1 aliphatic heterocycles. The SMILES string of the molecule is O=C(O)CCCC1(c2coc3ccccc23)COC1. The molecule has 2 aromatic rings. The van der Waals surface area contributed by atoms with Crippen molar-refractivity contribution < 1.29 is 19.1 Å². The van der Waals surface area contributed by atoms with Crippen LogP contribution in [0.25, 0.3) is 11.0 Å². The first kappa shape index (κ1) is 12.2. The number of fused-ring (bicyclic) bond motifs is 1. The normalized spacial score (nSPS) is 17.3. The van der Waals surface area contributed by atoms with E-state index in [4.69, 9.17) is 14.3 Å². The third kappa shape index (κ3) is 2.12. The lowest BCUT2D eigenvalue weighted by molar-refractivity contribution is -0.137. The summed E-state index contributed by atoms with van der Waals surface area (Å²) in [4.78, 5) is 10.6. The Bertz CT molecular complexity index is 595. The lowest BCUT2D eigenvalue weighted by Crippen LogP contribution is -2.46. The number of carboxylic acid groups (broad SMARTS) is 1. The lowest BCUT2D eigenvalue weighted by Gasteiger charge is -2.41. The van der Waals surface area contributed by atoms with Crippen molar-refractivity contribution in [2.45, 2.75) is 24.7 Å². The van der Waals surface area contributed by atoms with Crippen LogP contribution in [0.1, 0.15) is 24.8 Å². The standard InChI is InChI=1S/C15H16O4/c16-14(17)6-3-7-15(9-18-10-15)12-8-19-13-5-2-1-4-11(12)13/h1-2,4-5,8H,3,6-7,9-10H2,(H,16,17). The van der Waals surface area contributed by atoms with Gasteiger partial charge in [0.1, 0.15) is 5.58 Å². The summed E-state index contributed by atoms with van der Waals surface area (Å²) in [7, 11) is 0. The van der Waals surface area contributed by atoms with Crippen molar-refractivity contribution in [3.8, 4) is 0 Å². The topological polar surface area (TPSA) is 59.7 Å². The number of hydrogen-bond acceptors (Lipinski definition) is 3. The molecule has 0 spiro atoms. The van der Waals surface area contributed by atoms with Crippen molar-refractivity contribution in [3.05, 3.63) is 36.1 Å². The molecule has 19 heavy (non-hydrogen) atoms. The van der Waals surface area contributed by atoms with Crippen molar-refractivity contribution in [2.75, 3.05) is 13.2 Å². The molecule has 1 N–H and O–H groups in total. The van der Waals surface area contributed by atoms with E-state index in [1.807, 2.05) is 24.3 Å². The Labute approximate surface area is 111 Å². The van der Waals surface area contributed by atoms with E-state index in [0.29, 0.717) is 19.6 Å². The summed E-state index contributed by atoms with van der Waals surface area (Å²) in [6, 6.07) is 7.94. The fourth-order valence-corrected chi connectivity index (χ4v) is 2.75. The number of benzene rings is 1. The minimum atomic E-state index is -0.743.